The van der Waals surface area contributed by atoms with Gasteiger partial charge in [-0.3, -0.25) is 9.78 Å². The molecule has 2 aromatic heterocycles. The molecule has 0 bridgehead atoms. The number of hydrogen-bond donors (Lipinski definition) is 4. The third-order valence-corrected chi connectivity index (χ3v) is 5.02. The second kappa shape index (κ2) is 10.2. The van der Waals surface area contributed by atoms with E-state index >= 15 is 0 Å². The molecule has 3 aromatic rings. The fourth-order valence-corrected chi connectivity index (χ4v) is 3.52. The molecule has 3 rings (SSSR count). The van der Waals surface area contributed by atoms with Crippen LogP contribution in [-0.2, 0) is 17.1 Å². The van der Waals surface area contributed by atoms with E-state index in [4.69, 9.17) is 10.8 Å². The van der Waals surface area contributed by atoms with Crippen LogP contribution in [0, 0.1) is 11.3 Å². The van der Waals surface area contributed by atoms with Crippen molar-refractivity contribution in [2.75, 3.05) is 11.1 Å². The first kappa shape index (κ1) is 22.5. The third-order valence-electron chi connectivity index (χ3n) is 4.14. The van der Waals surface area contributed by atoms with E-state index in [1.165, 1.54) is 18.7 Å². The second-order valence-corrected chi connectivity index (χ2v) is 7.50. The van der Waals surface area contributed by atoms with Gasteiger partial charge in [-0.2, -0.15) is 5.26 Å². The largest absolute Gasteiger partial charge is 0.465 e. The van der Waals surface area contributed by atoms with Gasteiger partial charge in [0.05, 0.1) is 23.6 Å². The minimum atomic E-state index is -1.12. The van der Waals surface area contributed by atoms with Crippen molar-refractivity contribution in [2.24, 2.45) is 0 Å². The number of pyridine rings is 1. The zero-order valence-corrected chi connectivity index (χ0v) is 17.8. The molecule has 1 aromatic carbocycles. The molecule has 162 valence electrons. The number of aromatic nitrogens is 3. The van der Waals surface area contributed by atoms with Gasteiger partial charge in [0.2, 0.25) is 5.91 Å². The first-order valence-corrected chi connectivity index (χ1v) is 10.3. The molecule has 2 amide bonds. The Morgan fingerprint density at radius 3 is 2.50 bits per heavy atom. The molecule has 0 unspecified atom stereocenters. The number of nitrogens with zero attached hydrogens (tertiary/aromatic N) is 4. The number of hydrogen-bond acceptors (Lipinski definition) is 8. The molecular weight excluding hydrogens is 430 g/mol. The predicted molar refractivity (Wildman–Crippen MR) is 120 cm³/mol. The summed E-state index contributed by atoms with van der Waals surface area (Å²) in [5.41, 5.74) is 9.15. The van der Waals surface area contributed by atoms with E-state index < -0.39 is 6.09 Å². The van der Waals surface area contributed by atoms with E-state index in [0.717, 1.165) is 0 Å². The SMILES string of the molecule is CC(=O)Nc1ccc(-c2nc(SCc3cccc(CNC(=O)O)n3)nc(N)c2C#N)cc1. The van der Waals surface area contributed by atoms with Gasteiger partial charge in [0.25, 0.3) is 0 Å². The lowest BCUT2D eigenvalue weighted by Crippen LogP contribution is -2.20. The van der Waals surface area contributed by atoms with E-state index in [0.29, 0.717) is 39.2 Å². The van der Waals surface area contributed by atoms with Crippen LogP contribution in [0.3, 0.4) is 0 Å². The number of rotatable bonds is 7. The fourth-order valence-electron chi connectivity index (χ4n) is 2.77. The van der Waals surface area contributed by atoms with Crippen LogP contribution in [0.15, 0.2) is 47.6 Å². The van der Waals surface area contributed by atoms with Gasteiger partial charge in [0.1, 0.15) is 17.5 Å². The van der Waals surface area contributed by atoms with Crippen LogP contribution in [0.4, 0.5) is 16.3 Å². The number of anilines is 2. The number of amides is 2. The van der Waals surface area contributed by atoms with Gasteiger partial charge in [-0.25, -0.2) is 14.8 Å². The summed E-state index contributed by atoms with van der Waals surface area (Å²) in [6.45, 7) is 1.52. The number of carboxylic acid groups (broad SMARTS) is 1. The molecule has 0 aliphatic carbocycles. The molecule has 0 saturated carbocycles. The highest BCUT2D eigenvalue weighted by Crippen LogP contribution is 2.29. The maximum absolute atomic E-state index is 11.2. The summed E-state index contributed by atoms with van der Waals surface area (Å²) in [4.78, 5) is 35.0. The fraction of sp³-hybridized carbons (Fsp3) is 0.143. The summed E-state index contributed by atoms with van der Waals surface area (Å²) in [5.74, 6) is 0.308. The Kier molecular flexibility index (Phi) is 7.20. The molecule has 11 heteroatoms. The van der Waals surface area contributed by atoms with Crippen LogP contribution in [0.2, 0.25) is 0 Å². The number of nitrogens with one attached hydrogen (secondary N) is 2. The quantitative estimate of drug-likeness (QED) is 0.313. The molecule has 0 atom stereocenters. The van der Waals surface area contributed by atoms with Crippen molar-refractivity contribution in [1.82, 2.24) is 20.3 Å². The van der Waals surface area contributed by atoms with Crippen molar-refractivity contribution < 1.29 is 14.7 Å². The van der Waals surface area contributed by atoms with E-state index in [2.05, 4.69) is 25.6 Å². The monoisotopic (exact) mass is 449 g/mol. The highest BCUT2D eigenvalue weighted by atomic mass is 32.2. The summed E-state index contributed by atoms with van der Waals surface area (Å²) < 4.78 is 0. The molecule has 0 aliphatic rings. The number of nitrogen functional groups attached to an aromatic ring is 1. The molecule has 0 fully saturated rings. The van der Waals surface area contributed by atoms with Crippen LogP contribution in [0.5, 0.6) is 0 Å². The smallest absolute Gasteiger partial charge is 0.404 e. The second-order valence-electron chi connectivity index (χ2n) is 6.55. The number of carbonyl (C=O) groups is 2. The first-order chi connectivity index (χ1) is 15.4. The van der Waals surface area contributed by atoms with Crippen molar-refractivity contribution in [3.8, 4) is 17.3 Å². The molecule has 10 nitrogen and oxygen atoms in total. The molecule has 0 radical (unpaired) electrons. The van der Waals surface area contributed by atoms with Crippen LogP contribution in [0.25, 0.3) is 11.3 Å². The van der Waals surface area contributed by atoms with Crippen LogP contribution >= 0.6 is 11.8 Å². The molecule has 0 spiro atoms. The minimum absolute atomic E-state index is 0.0679. The van der Waals surface area contributed by atoms with Crippen molar-refractivity contribution in [1.29, 1.82) is 5.26 Å². The Balaban J connectivity index is 1.81. The van der Waals surface area contributed by atoms with E-state index in [1.807, 2.05) is 12.1 Å². The van der Waals surface area contributed by atoms with Crippen molar-refractivity contribution in [3.63, 3.8) is 0 Å². The molecule has 32 heavy (non-hydrogen) atoms. The van der Waals surface area contributed by atoms with Crippen molar-refractivity contribution >= 4 is 35.3 Å². The summed E-state index contributed by atoms with van der Waals surface area (Å²) in [6.07, 6.45) is -1.12. The number of nitriles is 1. The number of nitrogens with two attached hydrogens (primary N) is 1. The van der Waals surface area contributed by atoms with Crippen LogP contribution in [0.1, 0.15) is 23.9 Å². The average molecular weight is 449 g/mol. The number of thioether (sulfide) groups is 1. The van der Waals surface area contributed by atoms with Crippen LogP contribution < -0.4 is 16.4 Å². The number of carbonyl (C=O) groups excluding carboxylic acids is 1. The van der Waals surface area contributed by atoms with Gasteiger partial charge in [-0.1, -0.05) is 30.0 Å². The van der Waals surface area contributed by atoms with E-state index in [9.17, 15) is 14.9 Å². The Bertz CT molecular complexity index is 1190. The van der Waals surface area contributed by atoms with Crippen LogP contribution in [-0.4, -0.2) is 32.1 Å². The normalized spacial score (nSPS) is 10.2. The Labute approximate surface area is 187 Å². The Hall–Kier alpha value is -4.17. The maximum atomic E-state index is 11.2. The van der Waals surface area contributed by atoms with Crippen molar-refractivity contribution in [2.45, 2.75) is 24.4 Å². The lowest BCUT2D eigenvalue weighted by molar-refractivity contribution is -0.114. The Morgan fingerprint density at radius 2 is 1.84 bits per heavy atom. The van der Waals surface area contributed by atoms with Gasteiger partial charge in [0.15, 0.2) is 5.16 Å². The zero-order valence-electron chi connectivity index (χ0n) is 17.0. The zero-order chi connectivity index (χ0) is 23.1. The molecule has 5 N–H and O–H groups in total. The average Bonchev–Trinajstić information content (AvgIpc) is 2.76. The maximum Gasteiger partial charge on any atom is 0.404 e. The minimum Gasteiger partial charge on any atom is -0.465 e. The summed E-state index contributed by atoms with van der Waals surface area (Å²) in [7, 11) is 0. The highest BCUT2D eigenvalue weighted by Gasteiger charge is 2.15. The molecule has 0 aliphatic heterocycles. The highest BCUT2D eigenvalue weighted by molar-refractivity contribution is 7.98. The lowest BCUT2D eigenvalue weighted by Gasteiger charge is -2.10. The molecular formula is C21H19N7O3S. The van der Waals surface area contributed by atoms with Gasteiger partial charge in [-0.05, 0) is 24.3 Å². The van der Waals surface area contributed by atoms with Gasteiger partial charge < -0.3 is 21.5 Å². The molecule has 0 saturated heterocycles. The summed E-state index contributed by atoms with van der Waals surface area (Å²) in [5, 5.41) is 23.6. The topological polar surface area (TPSA) is 167 Å². The third kappa shape index (κ3) is 5.93. The van der Waals surface area contributed by atoms with Gasteiger partial charge >= 0.3 is 6.09 Å². The lowest BCUT2D eigenvalue weighted by atomic mass is 10.1. The summed E-state index contributed by atoms with van der Waals surface area (Å²) >= 11 is 1.29. The first-order valence-electron chi connectivity index (χ1n) is 9.35. The van der Waals surface area contributed by atoms with Gasteiger partial charge in [0, 0.05) is 23.9 Å². The summed E-state index contributed by atoms with van der Waals surface area (Å²) in [6, 6.07) is 14.3. The molecule has 2 heterocycles. The van der Waals surface area contributed by atoms with E-state index in [-0.39, 0.29) is 23.8 Å². The predicted octanol–water partition coefficient (Wildman–Crippen LogP) is 3.01. The van der Waals surface area contributed by atoms with E-state index in [1.54, 1.807) is 36.4 Å². The standard InChI is InChI=1S/C21H19N7O3S/c1-12(29)25-14-7-5-13(6-8-14)18-17(9-22)19(23)28-20(27-18)32-11-16-4-2-3-15(26-16)10-24-21(30)31/h2-8,24H,10-11H2,1H3,(H,25,29)(H,30,31)(H2,23,27,28). The Morgan fingerprint density at radius 1 is 1.12 bits per heavy atom. The van der Waals surface area contributed by atoms with Crippen molar-refractivity contribution in [3.05, 3.63) is 59.4 Å². The number of benzene rings is 1. The van der Waals surface area contributed by atoms with Gasteiger partial charge in [-0.15, -0.1) is 0 Å².